The molecule has 2 heterocycles. The molecule has 1 atom stereocenters. The van der Waals surface area contributed by atoms with Crippen molar-refractivity contribution < 1.29 is 19.5 Å². The lowest BCUT2D eigenvalue weighted by Crippen LogP contribution is -2.55. The van der Waals surface area contributed by atoms with Gasteiger partial charge in [-0.2, -0.15) is 0 Å². The van der Waals surface area contributed by atoms with Crippen molar-refractivity contribution in [3.63, 3.8) is 0 Å². The van der Waals surface area contributed by atoms with Crippen molar-refractivity contribution in [2.45, 2.75) is 19.9 Å². The van der Waals surface area contributed by atoms with Crippen LogP contribution in [0.2, 0.25) is 5.02 Å². The summed E-state index contributed by atoms with van der Waals surface area (Å²) in [6.45, 7) is 4.57. The number of primary amides is 1. The van der Waals surface area contributed by atoms with Crippen molar-refractivity contribution in [2.75, 3.05) is 19.6 Å². The molecule has 1 fully saturated rings. The number of carbonyl (C=O) groups is 3. The van der Waals surface area contributed by atoms with Gasteiger partial charge in [0, 0.05) is 47.8 Å². The highest BCUT2D eigenvalue weighted by Gasteiger charge is 2.30. The molecule has 9 heteroatoms. The Bertz CT molecular complexity index is 1280. The van der Waals surface area contributed by atoms with Gasteiger partial charge < -0.3 is 20.6 Å². The molecule has 33 heavy (non-hydrogen) atoms. The van der Waals surface area contributed by atoms with E-state index in [9.17, 15) is 19.5 Å². The standard InChI is InChI=1S/C24H23ClN4O4/c1-13-12-28(9-10-29(13)24(32)33)23(31)17-7-8-18-19(11-17)27-21(14(2)20(18)25)15-3-5-16(6-4-15)22(26)30/h3-8,11,13H,9-10,12H2,1-2H3,(H2,26,30)(H,32,33)/t13-/m1/s1. The number of pyridine rings is 1. The number of fused-ring (bicyclic) bond motifs is 1. The summed E-state index contributed by atoms with van der Waals surface area (Å²) in [6, 6.07) is 11.7. The predicted molar refractivity (Wildman–Crippen MR) is 126 cm³/mol. The first-order valence-corrected chi connectivity index (χ1v) is 10.8. The fourth-order valence-corrected chi connectivity index (χ4v) is 4.38. The quantitative estimate of drug-likeness (QED) is 0.609. The van der Waals surface area contributed by atoms with Gasteiger partial charge in [-0.25, -0.2) is 9.78 Å². The van der Waals surface area contributed by atoms with E-state index >= 15 is 0 Å². The highest BCUT2D eigenvalue weighted by molar-refractivity contribution is 6.36. The summed E-state index contributed by atoms with van der Waals surface area (Å²) >= 11 is 6.64. The Labute approximate surface area is 195 Å². The Morgan fingerprint density at radius 2 is 1.76 bits per heavy atom. The highest BCUT2D eigenvalue weighted by atomic mass is 35.5. The largest absolute Gasteiger partial charge is 0.465 e. The highest BCUT2D eigenvalue weighted by Crippen LogP contribution is 2.33. The lowest BCUT2D eigenvalue weighted by molar-refractivity contribution is 0.0507. The van der Waals surface area contributed by atoms with Gasteiger partial charge in [-0.15, -0.1) is 0 Å². The summed E-state index contributed by atoms with van der Waals surface area (Å²) in [5.74, 6) is -0.691. The van der Waals surface area contributed by atoms with Gasteiger partial charge >= 0.3 is 6.09 Å². The molecule has 170 valence electrons. The van der Waals surface area contributed by atoms with Gasteiger partial charge in [0.1, 0.15) is 0 Å². The van der Waals surface area contributed by atoms with Crippen LogP contribution in [0.25, 0.3) is 22.2 Å². The van der Waals surface area contributed by atoms with Gasteiger partial charge in [-0.1, -0.05) is 29.8 Å². The number of nitrogens with zero attached hydrogens (tertiary/aromatic N) is 3. The van der Waals surface area contributed by atoms with Gasteiger partial charge in [0.25, 0.3) is 5.91 Å². The van der Waals surface area contributed by atoms with Crippen LogP contribution in [0.3, 0.4) is 0 Å². The van der Waals surface area contributed by atoms with Crippen LogP contribution < -0.4 is 5.73 Å². The molecule has 0 aliphatic carbocycles. The van der Waals surface area contributed by atoms with E-state index in [4.69, 9.17) is 22.3 Å². The van der Waals surface area contributed by atoms with Gasteiger partial charge in [-0.05, 0) is 43.7 Å². The maximum Gasteiger partial charge on any atom is 0.407 e. The van der Waals surface area contributed by atoms with Crippen LogP contribution >= 0.6 is 11.6 Å². The van der Waals surface area contributed by atoms with Crippen LogP contribution in [0.1, 0.15) is 33.2 Å². The minimum Gasteiger partial charge on any atom is -0.465 e. The molecule has 8 nitrogen and oxygen atoms in total. The minimum atomic E-state index is -0.981. The molecule has 3 aromatic rings. The Hall–Kier alpha value is -3.65. The molecule has 0 spiro atoms. The van der Waals surface area contributed by atoms with Gasteiger partial charge in [0.15, 0.2) is 0 Å². The lowest BCUT2D eigenvalue weighted by Gasteiger charge is -2.38. The fourth-order valence-electron chi connectivity index (χ4n) is 4.14. The first kappa shape index (κ1) is 22.5. The minimum absolute atomic E-state index is 0.181. The van der Waals surface area contributed by atoms with Crippen molar-refractivity contribution >= 4 is 40.4 Å². The SMILES string of the molecule is Cc1c(-c2ccc(C(N)=O)cc2)nc2cc(C(=O)N3CCN(C(=O)O)[C@H](C)C3)ccc2c1Cl. The fraction of sp³-hybridized carbons (Fsp3) is 0.250. The Morgan fingerprint density at radius 3 is 2.36 bits per heavy atom. The molecule has 2 aromatic carbocycles. The number of piperazine rings is 1. The molecular formula is C24H23ClN4O4. The topological polar surface area (TPSA) is 117 Å². The molecule has 0 radical (unpaired) electrons. The third-order valence-corrected chi connectivity index (χ3v) is 6.49. The van der Waals surface area contributed by atoms with Crippen molar-refractivity contribution in [3.8, 4) is 11.3 Å². The first-order valence-electron chi connectivity index (χ1n) is 10.5. The van der Waals surface area contributed by atoms with E-state index in [0.717, 1.165) is 16.5 Å². The molecular weight excluding hydrogens is 444 g/mol. The van der Waals surface area contributed by atoms with E-state index in [1.165, 1.54) is 4.90 Å². The van der Waals surface area contributed by atoms with Crippen LogP contribution in [0.15, 0.2) is 42.5 Å². The summed E-state index contributed by atoms with van der Waals surface area (Å²) in [4.78, 5) is 43.5. The molecule has 3 N–H and O–H groups in total. The maximum absolute atomic E-state index is 13.1. The number of benzene rings is 2. The Kier molecular flexibility index (Phi) is 5.95. The number of aromatic nitrogens is 1. The molecule has 1 saturated heterocycles. The predicted octanol–water partition coefficient (Wildman–Crippen LogP) is 3.79. The van der Waals surface area contributed by atoms with Crippen molar-refractivity contribution in [1.29, 1.82) is 0 Å². The molecule has 0 saturated carbocycles. The molecule has 4 rings (SSSR count). The summed E-state index contributed by atoms with van der Waals surface area (Å²) in [5.41, 5.74) is 8.96. The normalized spacial score (nSPS) is 16.2. The summed E-state index contributed by atoms with van der Waals surface area (Å²) in [7, 11) is 0. The Morgan fingerprint density at radius 1 is 1.09 bits per heavy atom. The zero-order valence-corrected chi connectivity index (χ0v) is 19.0. The van der Waals surface area contributed by atoms with Gasteiger partial charge in [-0.3, -0.25) is 9.59 Å². The third kappa shape index (κ3) is 4.21. The number of nitrogens with two attached hydrogens (primary N) is 1. The number of halogens is 1. The third-order valence-electron chi connectivity index (χ3n) is 6.00. The van der Waals surface area contributed by atoms with Crippen LogP contribution in [0.4, 0.5) is 4.79 Å². The molecule has 0 bridgehead atoms. The van der Waals surface area contributed by atoms with Crippen LogP contribution in [-0.4, -0.2) is 63.5 Å². The van der Waals surface area contributed by atoms with Crippen LogP contribution in [0, 0.1) is 6.92 Å². The van der Waals surface area contributed by atoms with E-state index in [1.807, 2.05) is 6.92 Å². The van der Waals surface area contributed by atoms with Crippen molar-refractivity contribution in [1.82, 2.24) is 14.8 Å². The molecule has 1 aliphatic rings. The number of amides is 3. The van der Waals surface area contributed by atoms with E-state index in [-0.39, 0.29) is 18.5 Å². The lowest BCUT2D eigenvalue weighted by atomic mass is 10.0. The molecule has 0 unspecified atom stereocenters. The number of carboxylic acid groups (broad SMARTS) is 1. The van der Waals surface area contributed by atoms with E-state index < -0.39 is 12.0 Å². The number of hydrogen-bond acceptors (Lipinski definition) is 4. The summed E-state index contributed by atoms with van der Waals surface area (Å²) in [5, 5.41) is 10.5. The smallest absolute Gasteiger partial charge is 0.407 e. The average molecular weight is 467 g/mol. The molecule has 1 aliphatic heterocycles. The molecule has 1 aromatic heterocycles. The van der Waals surface area contributed by atoms with Gasteiger partial charge in [0.2, 0.25) is 5.91 Å². The number of carbonyl (C=O) groups excluding carboxylic acids is 2. The van der Waals surface area contributed by atoms with E-state index in [2.05, 4.69) is 0 Å². The second kappa shape index (κ2) is 8.71. The molecule has 3 amide bonds. The van der Waals surface area contributed by atoms with E-state index in [1.54, 1.807) is 54.3 Å². The maximum atomic E-state index is 13.1. The van der Waals surface area contributed by atoms with Crippen LogP contribution in [-0.2, 0) is 0 Å². The monoisotopic (exact) mass is 466 g/mol. The second-order valence-electron chi connectivity index (χ2n) is 8.15. The second-order valence-corrected chi connectivity index (χ2v) is 8.53. The van der Waals surface area contributed by atoms with Crippen molar-refractivity contribution in [3.05, 3.63) is 64.2 Å². The Balaban J connectivity index is 1.68. The van der Waals surface area contributed by atoms with Crippen LogP contribution in [0.5, 0.6) is 0 Å². The first-order chi connectivity index (χ1) is 15.7. The van der Waals surface area contributed by atoms with E-state index in [0.29, 0.717) is 40.4 Å². The zero-order chi connectivity index (χ0) is 23.9. The zero-order valence-electron chi connectivity index (χ0n) is 18.2. The average Bonchev–Trinajstić information content (AvgIpc) is 2.80. The summed E-state index contributed by atoms with van der Waals surface area (Å²) < 4.78 is 0. The van der Waals surface area contributed by atoms with Gasteiger partial charge in [0.05, 0.1) is 16.2 Å². The summed E-state index contributed by atoms with van der Waals surface area (Å²) in [6.07, 6.45) is -0.981. The number of rotatable bonds is 3. The number of hydrogen-bond donors (Lipinski definition) is 2. The van der Waals surface area contributed by atoms with Crippen molar-refractivity contribution in [2.24, 2.45) is 5.73 Å².